The second-order valence-electron chi connectivity index (χ2n) is 5.49. The van der Waals surface area contributed by atoms with E-state index in [0.717, 1.165) is 28.2 Å². The molecule has 2 aromatic carbocycles. The van der Waals surface area contributed by atoms with Crippen LogP contribution in [0.5, 0.6) is 0 Å². The van der Waals surface area contributed by atoms with Gasteiger partial charge in [0.2, 0.25) is 0 Å². The maximum atomic E-state index is 6.08. The molecule has 0 atom stereocenters. The number of fused-ring (bicyclic) bond motifs is 1. The molecule has 0 unspecified atom stereocenters. The Morgan fingerprint density at radius 2 is 1.88 bits per heavy atom. The van der Waals surface area contributed by atoms with Gasteiger partial charge >= 0.3 is 0 Å². The van der Waals surface area contributed by atoms with E-state index in [1.54, 1.807) is 10.9 Å². The molecule has 0 spiro atoms. The van der Waals surface area contributed by atoms with Crippen LogP contribution in [-0.4, -0.2) is 19.7 Å². The molecule has 0 aliphatic rings. The fourth-order valence-electron chi connectivity index (χ4n) is 2.51. The predicted molar refractivity (Wildman–Crippen MR) is 96.1 cm³/mol. The number of hydrogen-bond donors (Lipinski definition) is 1. The first-order chi connectivity index (χ1) is 11.7. The average Bonchev–Trinajstić information content (AvgIpc) is 3.02. The van der Waals surface area contributed by atoms with Gasteiger partial charge < -0.3 is 5.32 Å². The third kappa shape index (κ3) is 2.70. The summed E-state index contributed by atoms with van der Waals surface area (Å²) in [5.41, 5.74) is 3.76. The van der Waals surface area contributed by atoms with Gasteiger partial charge in [0.15, 0.2) is 5.65 Å². The lowest BCUT2D eigenvalue weighted by atomic mass is 10.2. The van der Waals surface area contributed by atoms with E-state index >= 15 is 0 Å². The quantitative estimate of drug-likeness (QED) is 0.598. The Bertz CT molecular complexity index is 1010. The van der Waals surface area contributed by atoms with Crippen molar-refractivity contribution in [2.75, 3.05) is 5.32 Å². The molecule has 2 aromatic heterocycles. The van der Waals surface area contributed by atoms with Crippen molar-refractivity contribution in [3.05, 3.63) is 71.6 Å². The predicted octanol–water partition coefficient (Wildman–Crippen LogP) is 4.52. The second-order valence-corrected chi connectivity index (χ2v) is 5.92. The molecule has 5 nitrogen and oxygen atoms in total. The van der Waals surface area contributed by atoms with Gasteiger partial charge in [-0.2, -0.15) is 5.10 Å². The van der Waals surface area contributed by atoms with E-state index in [-0.39, 0.29) is 0 Å². The Labute approximate surface area is 143 Å². The molecule has 2 heterocycles. The minimum atomic E-state index is 0.656. The highest BCUT2D eigenvalue weighted by Gasteiger charge is 2.11. The van der Waals surface area contributed by atoms with Gasteiger partial charge in [-0.1, -0.05) is 35.4 Å². The zero-order valence-corrected chi connectivity index (χ0v) is 13.7. The number of nitrogens with one attached hydrogen (secondary N) is 1. The summed E-state index contributed by atoms with van der Waals surface area (Å²) in [4.78, 5) is 8.72. The van der Waals surface area contributed by atoms with Gasteiger partial charge in [-0.25, -0.2) is 14.6 Å². The third-order valence-corrected chi connectivity index (χ3v) is 3.97. The number of nitrogens with zero attached hydrogens (tertiary/aromatic N) is 4. The lowest BCUT2D eigenvalue weighted by Crippen LogP contribution is -1.99. The van der Waals surface area contributed by atoms with Gasteiger partial charge in [-0.15, -0.1) is 0 Å². The fraction of sp³-hybridized carbons (Fsp3) is 0.0556. The summed E-state index contributed by atoms with van der Waals surface area (Å²) in [5.74, 6) is 0.720. The van der Waals surface area contributed by atoms with Crippen molar-refractivity contribution < 1.29 is 0 Å². The molecule has 4 aromatic rings. The number of halogens is 1. The van der Waals surface area contributed by atoms with Crippen LogP contribution in [0.4, 0.5) is 11.5 Å². The van der Waals surface area contributed by atoms with Crippen molar-refractivity contribution in [2.24, 2.45) is 0 Å². The number of benzene rings is 2. The van der Waals surface area contributed by atoms with Crippen molar-refractivity contribution in [1.29, 1.82) is 0 Å². The first-order valence-electron chi connectivity index (χ1n) is 7.49. The maximum Gasteiger partial charge on any atom is 0.168 e. The van der Waals surface area contributed by atoms with E-state index in [2.05, 4.69) is 39.4 Å². The minimum absolute atomic E-state index is 0.656. The highest BCUT2D eigenvalue weighted by Crippen LogP contribution is 2.25. The Hall–Kier alpha value is -2.92. The molecule has 0 saturated carbocycles. The molecule has 118 valence electrons. The van der Waals surface area contributed by atoms with Crippen LogP contribution in [0, 0.1) is 6.92 Å². The van der Waals surface area contributed by atoms with Crippen LogP contribution in [0.15, 0.2) is 61.1 Å². The van der Waals surface area contributed by atoms with Gasteiger partial charge in [0.25, 0.3) is 0 Å². The van der Waals surface area contributed by atoms with Crippen LogP contribution >= 0.6 is 11.6 Å². The highest BCUT2D eigenvalue weighted by molar-refractivity contribution is 6.30. The lowest BCUT2D eigenvalue weighted by molar-refractivity contribution is 0.895. The maximum absolute atomic E-state index is 6.08. The summed E-state index contributed by atoms with van der Waals surface area (Å²) in [6, 6.07) is 15.6. The topological polar surface area (TPSA) is 55.6 Å². The normalized spacial score (nSPS) is 10.9. The molecule has 0 aliphatic heterocycles. The van der Waals surface area contributed by atoms with Crippen LogP contribution < -0.4 is 5.32 Å². The summed E-state index contributed by atoms with van der Waals surface area (Å²) in [6.45, 7) is 2.06. The molecule has 0 aliphatic carbocycles. The molecule has 0 bridgehead atoms. The van der Waals surface area contributed by atoms with Gasteiger partial charge in [0, 0.05) is 10.7 Å². The van der Waals surface area contributed by atoms with Crippen molar-refractivity contribution >= 4 is 34.1 Å². The summed E-state index contributed by atoms with van der Waals surface area (Å²) >= 11 is 6.08. The fourth-order valence-corrected chi connectivity index (χ4v) is 2.70. The monoisotopic (exact) mass is 335 g/mol. The molecule has 1 N–H and O–H groups in total. The van der Waals surface area contributed by atoms with Crippen LogP contribution in [0.25, 0.3) is 16.7 Å². The summed E-state index contributed by atoms with van der Waals surface area (Å²) in [6.07, 6.45) is 3.29. The van der Waals surface area contributed by atoms with Gasteiger partial charge in [-0.05, 0) is 37.3 Å². The van der Waals surface area contributed by atoms with E-state index in [1.807, 2.05) is 36.4 Å². The van der Waals surface area contributed by atoms with Crippen LogP contribution in [-0.2, 0) is 0 Å². The third-order valence-electron chi connectivity index (χ3n) is 3.73. The first-order valence-corrected chi connectivity index (χ1v) is 7.87. The SMILES string of the molecule is Cc1ccc(Nc2ncnc3c2cnn3-c2cccc(Cl)c2)cc1. The van der Waals surface area contributed by atoms with Crippen LogP contribution in [0.2, 0.25) is 5.02 Å². The second kappa shape index (κ2) is 5.94. The Kier molecular flexibility index (Phi) is 3.63. The number of aryl methyl sites for hydroxylation is 1. The largest absolute Gasteiger partial charge is 0.340 e. The van der Waals surface area contributed by atoms with E-state index in [0.29, 0.717) is 5.02 Å². The van der Waals surface area contributed by atoms with Crippen LogP contribution in [0.3, 0.4) is 0 Å². The van der Waals surface area contributed by atoms with Gasteiger partial charge in [-0.3, -0.25) is 0 Å². The summed E-state index contributed by atoms with van der Waals surface area (Å²) < 4.78 is 1.75. The molecule has 0 saturated heterocycles. The number of hydrogen-bond acceptors (Lipinski definition) is 4. The molecule has 24 heavy (non-hydrogen) atoms. The number of rotatable bonds is 3. The molecular weight excluding hydrogens is 322 g/mol. The standard InChI is InChI=1S/C18H14ClN5/c1-12-5-7-14(8-6-12)23-17-16-10-22-24(18(16)21-11-20-17)15-4-2-3-13(19)9-15/h2-11H,1H3,(H,20,21,23). The Morgan fingerprint density at radius 3 is 2.67 bits per heavy atom. The zero-order chi connectivity index (χ0) is 16.5. The average molecular weight is 336 g/mol. The molecule has 0 radical (unpaired) electrons. The molecular formula is C18H14ClN5. The Balaban J connectivity index is 1.77. The van der Waals surface area contributed by atoms with Crippen LogP contribution in [0.1, 0.15) is 5.56 Å². The van der Waals surface area contributed by atoms with E-state index in [1.165, 1.54) is 11.9 Å². The van der Waals surface area contributed by atoms with E-state index < -0.39 is 0 Å². The van der Waals surface area contributed by atoms with Crippen molar-refractivity contribution in [3.63, 3.8) is 0 Å². The smallest absolute Gasteiger partial charge is 0.168 e. The van der Waals surface area contributed by atoms with Crippen molar-refractivity contribution in [1.82, 2.24) is 19.7 Å². The number of anilines is 2. The highest BCUT2D eigenvalue weighted by atomic mass is 35.5. The summed E-state index contributed by atoms with van der Waals surface area (Å²) in [7, 11) is 0. The van der Waals surface area contributed by atoms with Gasteiger partial charge in [0.05, 0.1) is 17.3 Å². The Morgan fingerprint density at radius 1 is 1.04 bits per heavy atom. The lowest BCUT2D eigenvalue weighted by Gasteiger charge is -2.07. The molecule has 4 rings (SSSR count). The van der Waals surface area contributed by atoms with E-state index in [4.69, 9.17) is 11.6 Å². The number of aromatic nitrogens is 4. The first kappa shape index (κ1) is 14.7. The van der Waals surface area contributed by atoms with Gasteiger partial charge in [0.1, 0.15) is 12.1 Å². The molecule has 0 amide bonds. The summed E-state index contributed by atoms with van der Waals surface area (Å²) in [5, 5.41) is 9.26. The molecule has 0 fully saturated rings. The zero-order valence-electron chi connectivity index (χ0n) is 12.9. The minimum Gasteiger partial charge on any atom is -0.340 e. The van der Waals surface area contributed by atoms with Crippen molar-refractivity contribution in [3.8, 4) is 5.69 Å². The molecule has 6 heteroatoms. The van der Waals surface area contributed by atoms with Crippen molar-refractivity contribution in [2.45, 2.75) is 6.92 Å². The van der Waals surface area contributed by atoms with E-state index in [9.17, 15) is 0 Å².